The Morgan fingerprint density at radius 1 is 1.43 bits per heavy atom. The zero-order valence-electron chi connectivity index (χ0n) is 9.24. The van der Waals surface area contributed by atoms with Gasteiger partial charge in [-0.1, -0.05) is 0 Å². The highest BCUT2D eigenvalue weighted by molar-refractivity contribution is 6.12. The van der Waals surface area contributed by atoms with Gasteiger partial charge in [0.1, 0.15) is 5.76 Å². The molecule has 0 aromatic carbocycles. The second-order valence-electron chi connectivity index (χ2n) is 3.39. The quantitative estimate of drug-likeness (QED) is 0.408. The minimum absolute atomic E-state index is 0.0195. The van der Waals surface area contributed by atoms with Gasteiger partial charge in [0.15, 0.2) is 5.78 Å². The summed E-state index contributed by atoms with van der Waals surface area (Å²) >= 11 is 0. The molecule has 0 saturated heterocycles. The molecule has 4 heteroatoms. The average molecular weight is 198 g/mol. The van der Waals surface area contributed by atoms with E-state index in [1.807, 2.05) is 19.0 Å². The van der Waals surface area contributed by atoms with Crippen LogP contribution in [0, 0.1) is 0 Å². The SMILES string of the molecule is CC(=O)C(C=NCCN(C)C)=C(C)O. The molecule has 0 fully saturated rings. The van der Waals surface area contributed by atoms with Crippen molar-refractivity contribution in [2.45, 2.75) is 13.8 Å². The summed E-state index contributed by atoms with van der Waals surface area (Å²) in [7, 11) is 3.91. The highest BCUT2D eigenvalue weighted by Crippen LogP contribution is 1.99. The lowest BCUT2D eigenvalue weighted by Crippen LogP contribution is -2.15. The van der Waals surface area contributed by atoms with Gasteiger partial charge in [0, 0.05) is 12.8 Å². The topological polar surface area (TPSA) is 52.9 Å². The molecule has 14 heavy (non-hydrogen) atoms. The molecule has 0 saturated carbocycles. The first-order chi connectivity index (χ1) is 6.45. The maximum absolute atomic E-state index is 11.0. The molecule has 0 heterocycles. The molecule has 4 nitrogen and oxygen atoms in total. The second-order valence-corrected chi connectivity index (χ2v) is 3.39. The van der Waals surface area contributed by atoms with Crippen LogP contribution >= 0.6 is 0 Å². The number of likely N-dealkylation sites (N-methyl/N-ethyl adjacent to an activating group) is 1. The number of aliphatic hydroxyl groups is 1. The third-order valence-corrected chi connectivity index (χ3v) is 1.67. The number of hydrogen-bond acceptors (Lipinski definition) is 4. The van der Waals surface area contributed by atoms with Crippen molar-refractivity contribution in [1.29, 1.82) is 0 Å². The van der Waals surface area contributed by atoms with E-state index in [-0.39, 0.29) is 17.1 Å². The van der Waals surface area contributed by atoms with E-state index in [1.54, 1.807) is 0 Å². The first-order valence-electron chi connectivity index (χ1n) is 4.50. The smallest absolute Gasteiger partial charge is 0.164 e. The van der Waals surface area contributed by atoms with Crippen LogP contribution in [0.15, 0.2) is 16.3 Å². The molecule has 0 bridgehead atoms. The predicted molar refractivity (Wildman–Crippen MR) is 57.9 cm³/mol. The molecule has 0 unspecified atom stereocenters. The van der Waals surface area contributed by atoms with Gasteiger partial charge < -0.3 is 10.0 Å². The van der Waals surface area contributed by atoms with Crippen molar-refractivity contribution in [3.8, 4) is 0 Å². The summed E-state index contributed by atoms with van der Waals surface area (Å²) in [6.45, 7) is 4.34. The Balaban J connectivity index is 4.20. The van der Waals surface area contributed by atoms with Gasteiger partial charge in [-0.25, -0.2) is 0 Å². The first kappa shape index (κ1) is 12.8. The summed E-state index contributed by atoms with van der Waals surface area (Å²) < 4.78 is 0. The van der Waals surface area contributed by atoms with Gasteiger partial charge in [-0.05, 0) is 27.9 Å². The lowest BCUT2D eigenvalue weighted by atomic mass is 10.2. The molecule has 0 atom stereocenters. The Bertz CT molecular complexity index is 251. The summed E-state index contributed by atoms with van der Waals surface area (Å²) in [6.07, 6.45) is 1.43. The number of carbonyl (C=O) groups excluding carboxylic acids is 1. The number of rotatable bonds is 5. The standard InChI is InChI=1S/C10H18N2O2/c1-8(13)10(9(2)14)7-11-5-6-12(3)4/h7,13H,5-6H2,1-4H3. The van der Waals surface area contributed by atoms with Crippen LogP contribution in [0.25, 0.3) is 0 Å². The number of aliphatic imine (C=N–C) groups is 1. The summed E-state index contributed by atoms with van der Waals surface area (Å²) in [4.78, 5) is 17.0. The van der Waals surface area contributed by atoms with E-state index in [2.05, 4.69) is 4.99 Å². The van der Waals surface area contributed by atoms with Gasteiger partial charge in [0.25, 0.3) is 0 Å². The molecule has 1 N–H and O–H groups in total. The zero-order chi connectivity index (χ0) is 11.1. The van der Waals surface area contributed by atoms with E-state index in [0.717, 1.165) is 6.54 Å². The molecule has 0 aromatic heterocycles. The lowest BCUT2D eigenvalue weighted by Gasteiger charge is -2.05. The largest absolute Gasteiger partial charge is 0.512 e. The number of ketones is 1. The minimum atomic E-state index is -0.168. The molecule has 0 radical (unpaired) electrons. The Kier molecular flexibility index (Phi) is 5.79. The number of aliphatic hydroxyl groups excluding tert-OH is 1. The number of hydrogen-bond donors (Lipinski definition) is 1. The van der Waals surface area contributed by atoms with Gasteiger partial charge in [0.2, 0.25) is 0 Å². The molecule has 0 spiro atoms. The molecule has 0 aliphatic rings. The highest BCUT2D eigenvalue weighted by Gasteiger charge is 2.03. The van der Waals surface area contributed by atoms with Gasteiger partial charge in [-0.2, -0.15) is 0 Å². The fourth-order valence-corrected chi connectivity index (χ4v) is 0.853. The van der Waals surface area contributed by atoms with Crippen LogP contribution in [0.1, 0.15) is 13.8 Å². The van der Waals surface area contributed by atoms with Gasteiger partial charge in [-0.15, -0.1) is 0 Å². The summed E-state index contributed by atoms with van der Waals surface area (Å²) in [6, 6.07) is 0. The molecule has 0 aliphatic carbocycles. The maximum Gasteiger partial charge on any atom is 0.164 e. The Morgan fingerprint density at radius 3 is 2.36 bits per heavy atom. The number of nitrogens with zero attached hydrogens (tertiary/aromatic N) is 2. The average Bonchev–Trinajstić information content (AvgIpc) is 2.01. The van der Waals surface area contributed by atoms with E-state index in [4.69, 9.17) is 5.11 Å². The van der Waals surface area contributed by atoms with E-state index in [9.17, 15) is 4.79 Å². The molecule has 0 aromatic rings. The van der Waals surface area contributed by atoms with Crippen LogP contribution < -0.4 is 0 Å². The van der Waals surface area contributed by atoms with Crippen molar-refractivity contribution < 1.29 is 9.90 Å². The number of allylic oxidation sites excluding steroid dienone is 2. The number of carbonyl (C=O) groups is 1. The molecule has 0 rings (SSSR count). The van der Waals surface area contributed by atoms with Crippen molar-refractivity contribution in [2.24, 2.45) is 4.99 Å². The van der Waals surface area contributed by atoms with Crippen molar-refractivity contribution in [2.75, 3.05) is 27.2 Å². The van der Waals surface area contributed by atoms with Crippen LogP contribution in [0.4, 0.5) is 0 Å². The Hall–Kier alpha value is -1.16. The van der Waals surface area contributed by atoms with Crippen LogP contribution in [0.5, 0.6) is 0 Å². The van der Waals surface area contributed by atoms with Crippen LogP contribution in [0.2, 0.25) is 0 Å². The third-order valence-electron chi connectivity index (χ3n) is 1.67. The van der Waals surface area contributed by atoms with Crippen LogP contribution in [-0.4, -0.2) is 49.2 Å². The van der Waals surface area contributed by atoms with Gasteiger partial charge in [0.05, 0.1) is 12.1 Å². The minimum Gasteiger partial charge on any atom is -0.512 e. The van der Waals surface area contributed by atoms with Crippen molar-refractivity contribution in [3.63, 3.8) is 0 Å². The summed E-state index contributed by atoms with van der Waals surface area (Å²) in [5, 5.41) is 9.15. The molecule has 0 aliphatic heterocycles. The third kappa shape index (κ3) is 5.48. The molecular formula is C10H18N2O2. The maximum atomic E-state index is 11.0. The predicted octanol–water partition coefficient (Wildman–Crippen LogP) is 1.04. The van der Waals surface area contributed by atoms with E-state index in [0.29, 0.717) is 6.54 Å². The van der Waals surface area contributed by atoms with E-state index < -0.39 is 0 Å². The number of Topliss-reactive ketones (excluding diaryl/α,β-unsaturated/α-hetero) is 1. The molecule has 0 amide bonds. The molecule has 80 valence electrons. The Labute approximate surface area is 84.9 Å². The van der Waals surface area contributed by atoms with Crippen molar-refractivity contribution >= 4 is 12.0 Å². The van der Waals surface area contributed by atoms with Gasteiger partial charge in [-0.3, -0.25) is 9.79 Å². The van der Waals surface area contributed by atoms with Gasteiger partial charge >= 0.3 is 0 Å². The summed E-state index contributed by atoms with van der Waals surface area (Å²) in [5.41, 5.74) is 0.281. The van der Waals surface area contributed by atoms with E-state index in [1.165, 1.54) is 20.1 Å². The van der Waals surface area contributed by atoms with Crippen molar-refractivity contribution in [1.82, 2.24) is 4.90 Å². The fraction of sp³-hybridized carbons (Fsp3) is 0.600. The molecular weight excluding hydrogens is 180 g/mol. The zero-order valence-corrected chi connectivity index (χ0v) is 9.24. The Morgan fingerprint density at radius 2 is 2.00 bits per heavy atom. The second kappa shape index (κ2) is 6.32. The fourth-order valence-electron chi connectivity index (χ4n) is 0.853. The highest BCUT2D eigenvalue weighted by atomic mass is 16.3. The monoisotopic (exact) mass is 198 g/mol. The first-order valence-corrected chi connectivity index (χ1v) is 4.50. The van der Waals surface area contributed by atoms with Crippen LogP contribution in [0.3, 0.4) is 0 Å². The van der Waals surface area contributed by atoms with E-state index >= 15 is 0 Å². The van der Waals surface area contributed by atoms with Crippen molar-refractivity contribution in [3.05, 3.63) is 11.3 Å². The lowest BCUT2D eigenvalue weighted by molar-refractivity contribution is -0.113. The normalized spacial score (nSPS) is 13.5. The summed E-state index contributed by atoms with van der Waals surface area (Å²) in [5.74, 6) is -0.148. The van der Waals surface area contributed by atoms with Crippen LogP contribution in [-0.2, 0) is 4.79 Å².